The Hall–Kier alpha value is -3.26. The molecule has 0 spiro atoms. The molecule has 0 aliphatic heterocycles. The summed E-state index contributed by atoms with van der Waals surface area (Å²) < 4.78 is 16.2. The quantitative estimate of drug-likeness (QED) is 0.602. The van der Waals surface area contributed by atoms with Gasteiger partial charge in [-0.2, -0.15) is 0 Å². The minimum absolute atomic E-state index is 0.108. The molecule has 0 aromatic heterocycles. The number of hydrogen-bond donors (Lipinski definition) is 2. The maximum atomic E-state index is 12.4. The van der Waals surface area contributed by atoms with Gasteiger partial charge in [-0.25, -0.2) is 9.59 Å². The monoisotopic (exact) mass is 446 g/mol. The smallest absolute Gasteiger partial charge is 0.339 e. The van der Waals surface area contributed by atoms with Crippen molar-refractivity contribution in [3.63, 3.8) is 0 Å². The highest BCUT2D eigenvalue weighted by Crippen LogP contribution is 2.30. The van der Waals surface area contributed by atoms with E-state index in [9.17, 15) is 14.4 Å². The van der Waals surface area contributed by atoms with Crippen LogP contribution < -0.4 is 20.1 Å². The zero-order valence-electron chi connectivity index (χ0n) is 17.1. The fourth-order valence-corrected chi connectivity index (χ4v) is 2.82. The van der Waals surface area contributed by atoms with E-state index in [4.69, 9.17) is 25.8 Å². The van der Waals surface area contributed by atoms with Crippen LogP contribution in [0.15, 0.2) is 42.5 Å². The molecule has 1 saturated carbocycles. The molecule has 0 radical (unpaired) electrons. The van der Waals surface area contributed by atoms with E-state index in [0.717, 1.165) is 18.4 Å². The summed E-state index contributed by atoms with van der Waals surface area (Å²) in [6, 6.07) is 11.3. The number of urea groups is 1. The van der Waals surface area contributed by atoms with Crippen LogP contribution in [-0.2, 0) is 16.1 Å². The van der Waals surface area contributed by atoms with Gasteiger partial charge in [-0.05, 0) is 44.0 Å². The van der Waals surface area contributed by atoms with E-state index in [1.165, 1.54) is 26.2 Å². The van der Waals surface area contributed by atoms with E-state index in [1.807, 2.05) is 18.2 Å². The molecule has 1 atom stereocenters. The van der Waals surface area contributed by atoms with Crippen LogP contribution in [0.5, 0.6) is 11.5 Å². The number of carbonyl (C=O) groups excluding carboxylic acids is 3. The van der Waals surface area contributed by atoms with Gasteiger partial charge in [0.2, 0.25) is 0 Å². The van der Waals surface area contributed by atoms with Gasteiger partial charge in [-0.1, -0.05) is 29.8 Å². The number of benzene rings is 2. The number of carbonyl (C=O) groups is 3. The molecule has 164 valence electrons. The van der Waals surface area contributed by atoms with Crippen LogP contribution in [-0.4, -0.2) is 37.2 Å². The third-order valence-electron chi connectivity index (χ3n) is 4.54. The summed E-state index contributed by atoms with van der Waals surface area (Å²) in [6.45, 7) is 1.61. The summed E-state index contributed by atoms with van der Waals surface area (Å²) in [5.74, 6) is -0.705. The molecule has 1 fully saturated rings. The first-order chi connectivity index (χ1) is 14.9. The van der Waals surface area contributed by atoms with Crippen LogP contribution >= 0.6 is 11.6 Å². The van der Waals surface area contributed by atoms with Crippen molar-refractivity contribution < 1.29 is 28.6 Å². The van der Waals surface area contributed by atoms with Crippen molar-refractivity contribution in [1.29, 1.82) is 0 Å². The SMILES string of the molecule is COc1cc(C(=O)OC(C)C(=O)NC(=O)NC2CC2)ccc1OCc1ccccc1Cl. The summed E-state index contributed by atoms with van der Waals surface area (Å²) in [4.78, 5) is 36.1. The number of hydrogen-bond acceptors (Lipinski definition) is 6. The predicted molar refractivity (Wildman–Crippen MR) is 113 cm³/mol. The summed E-state index contributed by atoms with van der Waals surface area (Å²) in [6.07, 6.45) is 0.637. The van der Waals surface area contributed by atoms with Gasteiger partial charge in [0, 0.05) is 16.6 Å². The van der Waals surface area contributed by atoms with Crippen LogP contribution in [0.25, 0.3) is 0 Å². The van der Waals surface area contributed by atoms with Gasteiger partial charge < -0.3 is 19.5 Å². The molecule has 3 rings (SSSR count). The van der Waals surface area contributed by atoms with Gasteiger partial charge in [0.1, 0.15) is 6.61 Å². The Bertz CT molecular complexity index is 976. The number of methoxy groups -OCH3 is 1. The Morgan fingerprint density at radius 1 is 1.13 bits per heavy atom. The third kappa shape index (κ3) is 6.36. The van der Waals surface area contributed by atoms with Crippen molar-refractivity contribution in [2.75, 3.05) is 7.11 Å². The molecule has 2 aromatic carbocycles. The second kappa shape index (κ2) is 10.2. The van der Waals surface area contributed by atoms with Gasteiger partial charge >= 0.3 is 12.0 Å². The van der Waals surface area contributed by atoms with E-state index in [-0.39, 0.29) is 18.2 Å². The maximum absolute atomic E-state index is 12.4. The molecular weight excluding hydrogens is 424 g/mol. The molecule has 31 heavy (non-hydrogen) atoms. The lowest BCUT2D eigenvalue weighted by molar-refractivity contribution is -0.127. The first-order valence-corrected chi connectivity index (χ1v) is 10.1. The number of esters is 1. The lowest BCUT2D eigenvalue weighted by Gasteiger charge is -2.15. The predicted octanol–water partition coefficient (Wildman–Crippen LogP) is 3.46. The third-order valence-corrected chi connectivity index (χ3v) is 4.91. The lowest BCUT2D eigenvalue weighted by atomic mass is 10.2. The number of halogens is 1. The highest BCUT2D eigenvalue weighted by Gasteiger charge is 2.26. The molecule has 1 aliphatic carbocycles. The summed E-state index contributed by atoms with van der Waals surface area (Å²) in [7, 11) is 1.45. The Morgan fingerprint density at radius 2 is 1.87 bits per heavy atom. The topological polar surface area (TPSA) is 103 Å². The van der Waals surface area contributed by atoms with Crippen LogP contribution in [0.2, 0.25) is 5.02 Å². The molecule has 9 heteroatoms. The van der Waals surface area contributed by atoms with Crippen molar-refractivity contribution in [3.05, 3.63) is 58.6 Å². The second-order valence-electron chi connectivity index (χ2n) is 7.03. The molecular formula is C22H23ClN2O6. The summed E-state index contributed by atoms with van der Waals surface area (Å²) >= 11 is 6.13. The molecule has 2 aromatic rings. The van der Waals surface area contributed by atoms with Crippen LogP contribution in [0, 0.1) is 0 Å². The van der Waals surface area contributed by atoms with E-state index in [0.29, 0.717) is 16.5 Å². The highest BCUT2D eigenvalue weighted by molar-refractivity contribution is 6.31. The fraction of sp³-hybridized carbons (Fsp3) is 0.318. The summed E-state index contributed by atoms with van der Waals surface area (Å²) in [5.41, 5.74) is 0.976. The zero-order valence-corrected chi connectivity index (χ0v) is 17.9. The lowest BCUT2D eigenvalue weighted by Crippen LogP contribution is -2.45. The number of ether oxygens (including phenoxy) is 3. The fourth-order valence-electron chi connectivity index (χ4n) is 2.63. The largest absolute Gasteiger partial charge is 0.493 e. The molecule has 1 aliphatic rings. The van der Waals surface area contributed by atoms with Gasteiger partial charge in [-0.3, -0.25) is 10.1 Å². The molecule has 0 saturated heterocycles. The van der Waals surface area contributed by atoms with Crippen LogP contribution in [0.3, 0.4) is 0 Å². The van der Waals surface area contributed by atoms with Crippen molar-refractivity contribution >= 4 is 29.5 Å². The van der Waals surface area contributed by atoms with Gasteiger partial charge in [0.15, 0.2) is 17.6 Å². The Morgan fingerprint density at radius 3 is 2.55 bits per heavy atom. The highest BCUT2D eigenvalue weighted by atomic mass is 35.5. The Kier molecular flexibility index (Phi) is 7.36. The van der Waals surface area contributed by atoms with Crippen molar-refractivity contribution in [3.8, 4) is 11.5 Å². The van der Waals surface area contributed by atoms with Crippen molar-refractivity contribution in [2.24, 2.45) is 0 Å². The zero-order chi connectivity index (χ0) is 22.4. The molecule has 3 amide bonds. The van der Waals surface area contributed by atoms with Crippen molar-refractivity contribution in [2.45, 2.75) is 38.5 Å². The van der Waals surface area contributed by atoms with E-state index >= 15 is 0 Å². The maximum Gasteiger partial charge on any atom is 0.339 e. The van der Waals surface area contributed by atoms with E-state index < -0.39 is 24.0 Å². The molecule has 0 heterocycles. The number of rotatable bonds is 8. The van der Waals surface area contributed by atoms with Gasteiger partial charge in [-0.15, -0.1) is 0 Å². The normalized spacial score (nSPS) is 13.6. The minimum Gasteiger partial charge on any atom is -0.493 e. The average Bonchev–Trinajstić information content (AvgIpc) is 3.56. The average molecular weight is 447 g/mol. The second-order valence-corrected chi connectivity index (χ2v) is 7.44. The number of imide groups is 1. The first kappa shape index (κ1) is 22.4. The van der Waals surface area contributed by atoms with Crippen molar-refractivity contribution in [1.82, 2.24) is 10.6 Å². The number of nitrogens with one attached hydrogen (secondary N) is 2. The van der Waals surface area contributed by atoms with E-state index in [2.05, 4.69) is 10.6 Å². The van der Waals surface area contributed by atoms with Gasteiger partial charge in [0.05, 0.1) is 12.7 Å². The standard InChI is InChI=1S/C22H23ClN2O6/c1-13(20(26)25-22(28)24-16-8-9-16)31-21(27)14-7-10-18(19(11-14)29-2)30-12-15-5-3-4-6-17(15)23/h3-7,10-11,13,16H,8-9,12H2,1-2H3,(H2,24,25,26,28). The van der Waals surface area contributed by atoms with Gasteiger partial charge in [0.25, 0.3) is 5.91 Å². The minimum atomic E-state index is -1.15. The molecule has 8 nitrogen and oxygen atoms in total. The molecule has 2 N–H and O–H groups in total. The molecule has 1 unspecified atom stereocenters. The first-order valence-electron chi connectivity index (χ1n) is 9.74. The number of amides is 3. The summed E-state index contributed by atoms with van der Waals surface area (Å²) in [5, 5.41) is 5.36. The Labute approximate surface area is 184 Å². The Balaban J connectivity index is 1.58. The van der Waals surface area contributed by atoms with Crippen LogP contribution in [0.4, 0.5) is 4.79 Å². The molecule has 0 bridgehead atoms. The van der Waals surface area contributed by atoms with E-state index in [1.54, 1.807) is 12.1 Å². The van der Waals surface area contributed by atoms with Crippen LogP contribution in [0.1, 0.15) is 35.7 Å².